The average molecular weight is 312 g/mol. The minimum atomic E-state index is -0.256. The standard InChI is InChI=1S/C16H26ClN3O/c1-11-12(14(17)20(7)19-11)8-9-13(21)18-16(5,6)10-15(2,3)4/h8-9H,10H2,1-7H3,(H,18,21). The highest BCUT2D eigenvalue weighted by Crippen LogP contribution is 2.26. The molecule has 0 radical (unpaired) electrons. The third kappa shape index (κ3) is 5.54. The Balaban J connectivity index is 2.75. The van der Waals surface area contributed by atoms with E-state index in [1.807, 2.05) is 20.8 Å². The van der Waals surface area contributed by atoms with Crippen molar-refractivity contribution in [3.63, 3.8) is 0 Å². The van der Waals surface area contributed by atoms with Crippen LogP contribution < -0.4 is 5.32 Å². The van der Waals surface area contributed by atoms with Crippen LogP contribution in [-0.2, 0) is 11.8 Å². The number of amides is 1. The van der Waals surface area contributed by atoms with Crippen molar-refractivity contribution in [3.05, 3.63) is 22.5 Å². The monoisotopic (exact) mass is 311 g/mol. The molecule has 0 aliphatic heterocycles. The Labute approximate surface area is 132 Å². The molecule has 1 N–H and O–H groups in total. The van der Waals surface area contributed by atoms with E-state index in [1.54, 1.807) is 17.8 Å². The summed E-state index contributed by atoms with van der Waals surface area (Å²) in [5, 5.41) is 7.78. The molecule has 0 aliphatic rings. The lowest BCUT2D eigenvalue weighted by Gasteiger charge is -2.32. The van der Waals surface area contributed by atoms with Gasteiger partial charge in [0, 0.05) is 24.2 Å². The van der Waals surface area contributed by atoms with Crippen LogP contribution in [0.3, 0.4) is 0 Å². The van der Waals surface area contributed by atoms with E-state index in [-0.39, 0.29) is 16.9 Å². The first-order chi connectivity index (χ1) is 9.41. The molecule has 21 heavy (non-hydrogen) atoms. The molecule has 0 bridgehead atoms. The maximum Gasteiger partial charge on any atom is 0.244 e. The molecule has 0 aromatic carbocycles. The van der Waals surface area contributed by atoms with E-state index in [4.69, 9.17) is 11.6 Å². The molecule has 0 saturated heterocycles. The molecular formula is C16H26ClN3O. The summed E-state index contributed by atoms with van der Waals surface area (Å²) < 4.78 is 1.60. The second kappa shape index (κ2) is 6.22. The van der Waals surface area contributed by atoms with Crippen LogP contribution in [0.2, 0.25) is 5.15 Å². The SMILES string of the molecule is Cc1nn(C)c(Cl)c1C=CC(=O)NC(C)(C)CC(C)(C)C. The van der Waals surface area contributed by atoms with Crippen molar-refractivity contribution in [1.29, 1.82) is 0 Å². The fourth-order valence-corrected chi connectivity index (χ4v) is 2.98. The van der Waals surface area contributed by atoms with Crippen LogP contribution in [0.25, 0.3) is 6.08 Å². The van der Waals surface area contributed by atoms with Gasteiger partial charge < -0.3 is 5.32 Å². The van der Waals surface area contributed by atoms with E-state index in [9.17, 15) is 4.79 Å². The number of aromatic nitrogens is 2. The van der Waals surface area contributed by atoms with Crippen LogP contribution >= 0.6 is 11.6 Å². The summed E-state index contributed by atoms with van der Waals surface area (Å²) >= 11 is 6.14. The lowest BCUT2D eigenvalue weighted by Crippen LogP contribution is -2.45. The van der Waals surface area contributed by atoms with Gasteiger partial charge in [0.15, 0.2) is 0 Å². The van der Waals surface area contributed by atoms with Crippen LogP contribution in [0.4, 0.5) is 0 Å². The van der Waals surface area contributed by atoms with Crippen LogP contribution in [0.1, 0.15) is 52.3 Å². The minimum absolute atomic E-state index is 0.122. The number of hydrogen-bond donors (Lipinski definition) is 1. The maximum atomic E-state index is 12.1. The van der Waals surface area contributed by atoms with Gasteiger partial charge in [-0.25, -0.2) is 0 Å². The molecular weight excluding hydrogens is 286 g/mol. The van der Waals surface area contributed by atoms with Crippen molar-refractivity contribution in [2.24, 2.45) is 12.5 Å². The smallest absolute Gasteiger partial charge is 0.244 e. The summed E-state index contributed by atoms with van der Waals surface area (Å²) in [5.41, 5.74) is 1.49. The van der Waals surface area contributed by atoms with Crippen molar-refractivity contribution in [2.75, 3.05) is 0 Å². The van der Waals surface area contributed by atoms with Crippen LogP contribution in [-0.4, -0.2) is 21.2 Å². The normalized spacial score (nSPS) is 13.0. The Kier molecular flexibility index (Phi) is 5.26. The number of carbonyl (C=O) groups is 1. The highest BCUT2D eigenvalue weighted by atomic mass is 35.5. The number of halogens is 1. The van der Waals surface area contributed by atoms with E-state index in [1.165, 1.54) is 6.08 Å². The summed E-state index contributed by atoms with van der Waals surface area (Å²) in [6, 6.07) is 0. The first kappa shape index (κ1) is 17.8. The predicted molar refractivity (Wildman–Crippen MR) is 88.3 cm³/mol. The Bertz CT molecular complexity index is 551. The Morgan fingerprint density at radius 3 is 2.33 bits per heavy atom. The topological polar surface area (TPSA) is 46.9 Å². The highest BCUT2D eigenvalue weighted by molar-refractivity contribution is 6.31. The molecule has 1 aromatic heterocycles. The molecule has 0 unspecified atom stereocenters. The molecule has 5 heteroatoms. The van der Waals surface area contributed by atoms with Gasteiger partial charge in [0.1, 0.15) is 5.15 Å². The zero-order valence-electron chi connectivity index (χ0n) is 14.0. The Morgan fingerprint density at radius 1 is 1.33 bits per heavy atom. The molecule has 0 saturated carbocycles. The van der Waals surface area contributed by atoms with Gasteiger partial charge in [-0.15, -0.1) is 0 Å². The third-order valence-corrected chi connectivity index (χ3v) is 3.48. The highest BCUT2D eigenvalue weighted by Gasteiger charge is 2.26. The molecule has 1 rings (SSSR count). The van der Waals surface area contributed by atoms with Gasteiger partial charge in [0.25, 0.3) is 0 Å². The molecule has 4 nitrogen and oxygen atoms in total. The molecule has 1 amide bonds. The summed E-state index contributed by atoms with van der Waals surface area (Å²) in [6.45, 7) is 12.4. The number of nitrogens with one attached hydrogen (secondary N) is 1. The van der Waals surface area contributed by atoms with Gasteiger partial charge in [-0.2, -0.15) is 5.10 Å². The van der Waals surface area contributed by atoms with E-state index in [0.29, 0.717) is 5.15 Å². The predicted octanol–water partition coefficient (Wildman–Crippen LogP) is 3.73. The second-order valence-electron chi connectivity index (χ2n) is 7.36. The van der Waals surface area contributed by atoms with E-state index >= 15 is 0 Å². The molecule has 0 spiro atoms. The zero-order chi connectivity index (χ0) is 16.4. The second-order valence-corrected chi connectivity index (χ2v) is 7.72. The largest absolute Gasteiger partial charge is 0.348 e. The van der Waals surface area contributed by atoms with Gasteiger partial charge in [0.05, 0.1) is 5.69 Å². The number of carbonyl (C=O) groups excluding carboxylic acids is 1. The zero-order valence-corrected chi connectivity index (χ0v) is 14.8. The van der Waals surface area contributed by atoms with Crippen LogP contribution in [0.15, 0.2) is 6.08 Å². The number of aryl methyl sites for hydroxylation is 2. The van der Waals surface area contributed by atoms with Crippen LogP contribution in [0.5, 0.6) is 0 Å². The van der Waals surface area contributed by atoms with E-state index in [2.05, 4.69) is 31.2 Å². The molecule has 0 fully saturated rings. The maximum absolute atomic E-state index is 12.1. The Morgan fingerprint density at radius 2 is 1.90 bits per heavy atom. The van der Waals surface area contributed by atoms with Gasteiger partial charge in [0.2, 0.25) is 5.91 Å². The van der Waals surface area contributed by atoms with E-state index in [0.717, 1.165) is 17.7 Å². The number of hydrogen-bond acceptors (Lipinski definition) is 2. The van der Waals surface area contributed by atoms with Gasteiger partial charge in [-0.1, -0.05) is 32.4 Å². The number of rotatable bonds is 4. The molecule has 1 aromatic rings. The summed E-state index contributed by atoms with van der Waals surface area (Å²) in [5.74, 6) is -0.122. The molecule has 0 aliphatic carbocycles. The fraction of sp³-hybridized carbons (Fsp3) is 0.625. The van der Waals surface area contributed by atoms with Crippen LogP contribution in [0, 0.1) is 12.3 Å². The third-order valence-electron chi connectivity index (χ3n) is 3.03. The van der Waals surface area contributed by atoms with Crippen molar-refractivity contribution in [1.82, 2.24) is 15.1 Å². The Hall–Kier alpha value is -1.29. The van der Waals surface area contributed by atoms with Gasteiger partial charge in [-0.3, -0.25) is 9.48 Å². The minimum Gasteiger partial charge on any atom is -0.348 e. The lowest BCUT2D eigenvalue weighted by atomic mass is 9.82. The number of nitrogens with zero attached hydrogens (tertiary/aromatic N) is 2. The van der Waals surface area contributed by atoms with E-state index < -0.39 is 0 Å². The van der Waals surface area contributed by atoms with Crippen molar-refractivity contribution in [3.8, 4) is 0 Å². The lowest BCUT2D eigenvalue weighted by molar-refractivity contribution is -0.118. The molecule has 0 atom stereocenters. The molecule has 1 heterocycles. The molecule has 118 valence electrons. The quantitative estimate of drug-likeness (QED) is 0.861. The fourth-order valence-electron chi connectivity index (χ4n) is 2.74. The van der Waals surface area contributed by atoms with Gasteiger partial charge >= 0.3 is 0 Å². The van der Waals surface area contributed by atoms with Crippen molar-refractivity contribution < 1.29 is 4.79 Å². The average Bonchev–Trinajstić information content (AvgIpc) is 2.46. The summed E-state index contributed by atoms with van der Waals surface area (Å²) in [7, 11) is 1.78. The first-order valence-corrected chi connectivity index (χ1v) is 7.48. The van der Waals surface area contributed by atoms with Crippen molar-refractivity contribution in [2.45, 2.75) is 53.5 Å². The summed E-state index contributed by atoms with van der Waals surface area (Å²) in [4.78, 5) is 12.1. The van der Waals surface area contributed by atoms with Crippen molar-refractivity contribution >= 4 is 23.6 Å². The first-order valence-electron chi connectivity index (χ1n) is 7.11. The van der Waals surface area contributed by atoms with Gasteiger partial charge in [-0.05, 0) is 38.7 Å². The summed E-state index contributed by atoms with van der Waals surface area (Å²) in [6.07, 6.45) is 4.12.